The van der Waals surface area contributed by atoms with Crippen LogP contribution in [0, 0.1) is 13.8 Å². The molecule has 1 heterocycles. The Bertz CT molecular complexity index is 947. The minimum atomic E-state index is -1.34. The van der Waals surface area contributed by atoms with Crippen molar-refractivity contribution in [3.8, 4) is 0 Å². The summed E-state index contributed by atoms with van der Waals surface area (Å²) in [6.07, 6.45) is 2.37. The van der Waals surface area contributed by atoms with Gasteiger partial charge < -0.3 is 14.0 Å². The quantitative estimate of drug-likeness (QED) is 0.458. The number of benzene rings is 1. The Morgan fingerprint density at radius 2 is 1.79 bits per heavy atom. The number of nitrogens with zero attached hydrogens (tertiary/aromatic N) is 1. The molecular formula is C21H25NO6S. The van der Waals surface area contributed by atoms with Gasteiger partial charge in [0.1, 0.15) is 0 Å². The number of methoxy groups -OCH3 is 1. The summed E-state index contributed by atoms with van der Waals surface area (Å²) in [4.78, 5) is 36.6. The van der Waals surface area contributed by atoms with Crippen LogP contribution >= 0.6 is 0 Å². The summed E-state index contributed by atoms with van der Waals surface area (Å²) in [7, 11) is 0.00590. The summed E-state index contributed by atoms with van der Waals surface area (Å²) in [6, 6.07) is 8.20. The molecule has 1 aromatic carbocycles. The molecule has 0 unspecified atom stereocenters. The number of ketones is 1. The first kappa shape index (κ1) is 22.5. The lowest BCUT2D eigenvalue weighted by atomic mass is 10.1. The summed E-state index contributed by atoms with van der Waals surface area (Å²) in [5, 5.41) is 0. The molecule has 0 aliphatic heterocycles. The highest BCUT2D eigenvalue weighted by molar-refractivity contribution is 7.84. The van der Waals surface area contributed by atoms with Gasteiger partial charge in [0.2, 0.25) is 5.78 Å². The topological polar surface area (TPSA) is 91.7 Å². The van der Waals surface area contributed by atoms with Gasteiger partial charge in [-0.15, -0.1) is 0 Å². The van der Waals surface area contributed by atoms with Crippen LogP contribution in [0.25, 0.3) is 0 Å². The van der Waals surface area contributed by atoms with E-state index < -0.39 is 23.4 Å². The minimum Gasteiger partial charge on any atom is -0.469 e. The highest BCUT2D eigenvalue weighted by atomic mass is 32.2. The summed E-state index contributed by atoms with van der Waals surface area (Å²) >= 11 is 0. The molecule has 0 N–H and O–H groups in total. The number of hydrogen-bond acceptors (Lipinski definition) is 6. The number of ether oxygens (including phenoxy) is 2. The molecule has 0 fully saturated rings. The Labute approximate surface area is 172 Å². The summed E-state index contributed by atoms with van der Waals surface area (Å²) in [6.45, 7) is 3.86. The number of carbonyl (C=O) groups is 3. The van der Waals surface area contributed by atoms with E-state index in [-0.39, 0.29) is 17.3 Å². The maximum atomic E-state index is 12.6. The summed E-state index contributed by atoms with van der Waals surface area (Å²) in [5.41, 5.74) is 2.30. The minimum absolute atomic E-state index is 0.189. The second-order valence-electron chi connectivity index (χ2n) is 6.57. The third-order valence-corrected chi connectivity index (χ3v) is 5.59. The largest absolute Gasteiger partial charge is 0.469 e. The smallest absolute Gasteiger partial charge is 0.339 e. The average molecular weight is 419 g/mol. The van der Waals surface area contributed by atoms with Crippen LogP contribution in [0.15, 0.2) is 35.2 Å². The third-order valence-electron chi connectivity index (χ3n) is 4.62. The van der Waals surface area contributed by atoms with Crippen LogP contribution in [0.5, 0.6) is 0 Å². The molecule has 0 radical (unpaired) electrons. The van der Waals surface area contributed by atoms with Crippen LogP contribution in [0.3, 0.4) is 0 Å². The number of Topliss-reactive ketones (excluding diaryl/α,β-unsaturated/α-hetero) is 1. The first-order valence-electron chi connectivity index (χ1n) is 9.12. The normalized spacial score (nSPS) is 11.7. The van der Waals surface area contributed by atoms with Crippen LogP contribution in [0.1, 0.15) is 44.9 Å². The van der Waals surface area contributed by atoms with Crippen LogP contribution < -0.4 is 0 Å². The number of hydrogen-bond donors (Lipinski definition) is 0. The lowest BCUT2D eigenvalue weighted by Crippen LogP contribution is -2.16. The number of rotatable bonds is 9. The molecule has 7 nitrogen and oxygen atoms in total. The predicted octanol–water partition coefficient (Wildman–Crippen LogP) is 2.84. The molecule has 29 heavy (non-hydrogen) atoms. The molecule has 8 heteroatoms. The Morgan fingerprint density at radius 3 is 2.45 bits per heavy atom. The van der Waals surface area contributed by atoms with Crippen molar-refractivity contribution in [1.82, 2.24) is 4.57 Å². The van der Waals surface area contributed by atoms with E-state index in [1.165, 1.54) is 19.4 Å². The standard InChI is InChI=1S/C21H25NO6S/c1-14-12-17(15(2)22(14)11-7-10-20(24)27-3)18(23)13-28-21(25)16-8-5-6-9-19(16)29(4)26/h5-6,8-9,12H,7,10-11,13H2,1-4H3/t29-/m0/s1. The van der Waals surface area contributed by atoms with E-state index in [2.05, 4.69) is 4.74 Å². The monoisotopic (exact) mass is 419 g/mol. The summed E-state index contributed by atoms with van der Waals surface area (Å²) < 4.78 is 23.5. The second-order valence-corrected chi connectivity index (χ2v) is 7.91. The molecule has 1 aromatic heterocycles. The summed E-state index contributed by atoms with van der Waals surface area (Å²) in [5.74, 6) is -1.28. The maximum absolute atomic E-state index is 12.6. The van der Waals surface area contributed by atoms with Gasteiger partial charge in [-0.25, -0.2) is 4.79 Å². The zero-order chi connectivity index (χ0) is 21.6. The van der Waals surface area contributed by atoms with Crippen LogP contribution in [0.4, 0.5) is 0 Å². The predicted molar refractivity (Wildman–Crippen MR) is 109 cm³/mol. The van der Waals surface area contributed by atoms with Crippen molar-refractivity contribution in [3.63, 3.8) is 0 Å². The number of aromatic nitrogens is 1. The van der Waals surface area contributed by atoms with Gasteiger partial charge in [-0.3, -0.25) is 13.8 Å². The van der Waals surface area contributed by atoms with Crippen molar-refractivity contribution < 1.29 is 28.1 Å². The zero-order valence-corrected chi connectivity index (χ0v) is 17.8. The van der Waals surface area contributed by atoms with Gasteiger partial charge in [0.15, 0.2) is 6.61 Å². The molecule has 2 rings (SSSR count). The van der Waals surface area contributed by atoms with Crippen LogP contribution in [-0.2, 0) is 31.6 Å². The van der Waals surface area contributed by atoms with Crippen LogP contribution in [-0.4, -0.2) is 46.5 Å². The van der Waals surface area contributed by atoms with E-state index in [1.54, 1.807) is 24.3 Å². The molecule has 0 spiro atoms. The van der Waals surface area contributed by atoms with Gasteiger partial charge in [0.25, 0.3) is 0 Å². The fraction of sp³-hybridized carbons (Fsp3) is 0.381. The molecule has 2 aromatic rings. The van der Waals surface area contributed by atoms with Gasteiger partial charge >= 0.3 is 11.9 Å². The number of aryl methyl sites for hydroxylation is 1. The lowest BCUT2D eigenvalue weighted by molar-refractivity contribution is -0.140. The highest BCUT2D eigenvalue weighted by Gasteiger charge is 2.20. The Kier molecular flexibility index (Phi) is 7.90. The second kappa shape index (κ2) is 10.2. The third kappa shape index (κ3) is 5.63. The van der Waals surface area contributed by atoms with Gasteiger partial charge in [0.05, 0.1) is 28.4 Å². The van der Waals surface area contributed by atoms with Crippen molar-refractivity contribution in [2.75, 3.05) is 20.0 Å². The van der Waals surface area contributed by atoms with Crippen molar-refractivity contribution in [1.29, 1.82) is 0 Å². The van der Waals surface area contributed by atoms with Gasteiger partial charge in [-0.1, -0.05) is 12.1 Å². The first-order valence-corrected chi connectivity index (χ1v) is 10.7. The van der Waals surface area contributed by atoms with E-state index in [9.17, 15) is 18.6 Å². The molecule has 0 bridgehead atoms. The molecule has 0 aliphatic carbocycles. The van der Waals surface area contributed by atoms with E-state index in [0.717, 1.165) is 11.4 Å². The lowest BCUT2D eigenvalue weighted by Gasteiger charge is -2.10. The van der Waals surface area contributed by atoms with Gasteiger partial charge in [-0.2, -0.15) is 0 Å². The molecule has 1 atom stereocenters. The van der Waals surface area contributed by atoms with E-state index >= 15 is 0 Å². The molecular weight excluding hydrogens is 394 g/mol. The maximum Gasteiger partial charge on any atom is 0.339 e. The first-order chi connectivity index (χ1) is 13.8. The van der Waals surface area contributed by atoms with Crippen molar-refractivity contribution in [2.24, 2.45) is 0 Å². The van der Waals surface area contributed by atoms with Gasteiger partial charge in [0, 0.05) is 36.2 Å². The molecule has 0 aliphatic rings. The fourth-order valence-electron chi connectivity index (χ4n) is 3.08. The van der Waals surface area contributed by atoms with Gasteiger partial charge in [-0.05, 0) is 38.5 Å². The fourth-order valence-corrected chi connectivity index (χ4v) is 3.81. The van der Waals surface area contributed by atoms with E-state index in [1.807, 2.05) is 18.4 Å². The Morgan fingerprint density at radius 1 is 1.10 bits per heavy atom. The SMILES string of the molecule is COC(=O)CCCn1c(C)cc(C(=O)COC(=O)c2ccccc2[S@](C)=O)c1C. The number of esters is 2. The van der Waals surface area contributed by atoms with Crippen molar-refractivity contribution >= 4 is 28.5 Å². The van der Waals surface area contributed by atoms with E-state index in [0.29, 0.717) is 29.8 Å². The van der Waals surface area contributed by atoms with Crippen molar-refractivity contribution in [2.45, 2.75) is 38.1 Å². The molecule has 0 amide bonds. The zero-order valence-electron chi connectivity index (χ0n) is 17.0. The Balaban J connectivity index is 2.04. The molecule has 0 saturated carbocycles. The molecule has 0 saturated heterocycles. The van der Waals surface area contributed by atoms with E-state index in [4.69, 9.17) is 4.74 Å². The Hall–Kier alpha value is -2.74. The highest BCUT2D eigenvalue weighted by Crippen LogP contribution is 2.18. The molecule has 156 valence electrons. The van der Waals surface area contributed by atoms with Crippen molar-refractivity contribution in [3.05, 3.63) is 52.8 Å². The average Bonchev–Trinajstić information content (AvgIpc) is 2.99. The number of carbonyl (C=O) groups excluding carboxylic acids is 3. The van der Waals surface area contributed by atoms with Crippen LogP contribution in [0.2, 0.25) is 0 Å².